The molecule has 0 aliphatic heterocycles. The van der Waals surface area contributed by atoms with Crippen LogP contribution in [0.5, 0.6) is 5.88 Å². The molecule has 1 saturated carbocycles. The van der Waals surface area contributed by atoms with Crippen LogP contribution in [0.3, 0.4) is 0 Å². The fourth-order valence-corrected chi connectivity index (χ4v) is 4.41. The normalized spacial score (nSPS) is 20.9. The molecule has 0 unspecified atom stereocenters. The molecule has 3 aromatic rings. The van der Waals surface area contributed by atoms with Crippen molar-refractivity contribution >= 4 is 27.9 Å². The molecule has 5 N–H and O–H groups in total. The zero-order valence-corrected chi connectivity index (χ0v) is 14.8. The van der Waals surface area contributed by atoms with E-state index >= 15 is 0 Å². The number of aromatic amines is 1. The van der Waals surface area contributed by atoms with Gasteiger partial charge in [-0.1, -0.05) is 12.8 Å². The Labute approximate surface area is 149 Å². The van der Waals surface area contributed by atoms with E-state index in [2.05, 4.69) is 15.3 Å². The van der Waals surface area contributed by atoms with Gasteiger partial charge in [-0.15, -0.1) is 11.3 Å². The van der Waals surface area contributed by atoms with Crippen LogP contribution in [0.1, 0.15) is 31.2 Å². The molecule has 1 aliphatic carbocycles. The Balaban J connectivity index is 1.83. The first-order chi connectivity index (χ1) is 12.0. The second-order valence-electron chi connectivity index (χ2n) is 6.74. The van der Waals surface area contributed by atoms with Crippen LogP contribution in [-0.4, -0.2) is 27.2 Å². The van der Waals surface area contributed by atoms with Gasteiger partial charge in [0.25, 0.3) is 0 Å². The van der Waals surface area contributed by atoms with Crippen molar-refractivity contribution in [2.75, 3.05) is 5.32 Å². The maximum atomic E-state index is 15.0. The third-order valence-corrected chi connectivity index (χ3v) is 5.92. The lowest BCUT2D eigenvalue weighted by Gasteiger charge is -2.30. The number of nitrogens with one attached hydrogen (secondary N) is 2. The molecule has 0 bridgehead atoms. The van der Waals surface area contributed by atoms with Gasteiger partial charge >= 0.3 is 0 Å². The average molecular weight is 360 g/mol. The minimum absolute atomic E-state index is 0.00212. The van der Waals surface area contributed by atoms with E-state index in [1.807, 2.05) is 18.4 Å². The molecule has 0 amide bonds. The van der Waals surface area contributed by atoms with E-state index in [4.69, 9.17) is 5.73 Å². The van der Waals surface area contributed by atoms with Crippen molar-refractivity contribution in [1.29, 1.82) is 0 Å². The molecule has 0 radical (unpaired) electrons. The number of aryl methyl sites for hydroxylation is 1. The Hall–Kier alpha value is -2.12. The van der Waals surface area contributed by atoms with Gasteiger partial charge < -0.3 is 21.1 Å². The molecule has 1 fully saturated rings. The molecular formula is C18H21FN4OS. The number of fused-ring (bicyclic) bond motifs is 1. The second kappa shape index (κ2) is 6.31. The number of pyridine rings is 1. The molecule has 3 heterocycles. The van der Waals surface area contributed by atoms with Gasteiger partial charge in [-0.25, -0.2) is 9.37 Å². The van der Waals surface area contributed by atoms with Gasteiger partial charge in [-0.3, -0.25) is 0 Å². The van der Waals surface area contributed by atoms with Crippen molar-refractivity contribution in [3.8, 4) is 16.5 Å². The number of aromatic nitrogens is 2. The number of H-pyrrole nitrogens is 1. The van der Waals surface area contributed by atoms with Crippen molar-refractivity contribution in [2.24, 2.45) is 5.73 Å². The van der Waals surface area contributed by atoms with Gasteiger partial charge in [0.15, 0.2) is 17.5 Å². The van der Waals surface area contributed by atoms with Gasteiger partial charge in [0, 0.05) is 23.7 Å². The molecule has 25 heavy (non-hydrogen) atoms. The average Bonchev–Trinajstić information content (AvgIpc) is 3.19. The molecule has 0 aromatic carbocycles. The third-order valence-electron chi connectivity index (χ3n) is 4.87. The lowest BCUT2D eigenvalue weighted by molar-refractivity contribution is 0.402. The first-order valence-electron chi connectivity index (χ1n) is 8.51. The summed E-state index contributed by atoms with van der Waals surface area (Å²) >= 11 is 1.53. The fraction of sp³-hybridized carbons (Fsp3) is 0.389. The minimum atomic E-state index is -0.457. The van der Waals surface area contributed by atoms with Gasteiger partial charge in [0.1, 0.15) is 0 Å². The standard InChI is InChI=1S/C18H21FN4OS/c1-9-6-13(25-8-9)16-14-10(7-21-18(14)24)15(19)17(23-16)22-12-5-3-2-4-11(12)20/h6-8,11-12,21-22,24H,2-5,20H2,1H3/t11-,12+/m0/s1. The number of anilines is 1. The largest absolute Gasteiger partial charge is 0.494 e. The number of thiophene rings is 1. The number of halogens is 1. The second-order valence-corrected chi connectivity index (χ2v) is 7.65. The lowest BCUT2D eigenvalue weighted by atomic mass is 9.91. The predicted molar refractivity (Wildman–Crippen MR) is 99.6 cm³/mol. The van der Waals surface area contributed by atoms with E-state index in [0.717, 1.165) is 36.1 Å². The number of nitrogens with zero attached hydrogens (tertiary/aromatic N) is 1. The predicted octanol–water partition coefficient (Wildman–Crippen LogP) is 4.13. The Kier molecular flexibility index (Phi) is 4.13. The van der Waals surface area contributed by atoms with E-state index in [1.54, 1.807) is 0 Å². The topological polar surface area (TPSA) is 87.0 Å². The highest BCUT2D eigenvalue weighted by Gasteiger charge is 2.26. The highest BCUT2D eigenvalue weighted by molar-refractivity contribution is 7.13. The Morgan fingerprint density at radius 1 is 1.40 bits per heavy atom. The molecule has 0 saturated heterocycles. The smallest absolute Gasteiger partial charge is 0.198 e. The van der Waals surface area contributed by atoms with Gasteiger partial charge in [-0.05, 0) is 36.8 Å². The third kappa shape index (κ3) is 2.87. The Morgan fingerprint density at radius 3 is 2.92 bits per heavy atom. The number of hydrogen-bond donors (Lipinski definition) is 4. The summed E-state index contributed by atoms with van der Waals surface area (Å²) in [5, 5.41) is 16.1. The first kappa shape index (κ1) is 16.4. The van der Waals surface area contributed by atoms with Crippen molar-refractivity contribution < 1.29 is 9.50 Å². The maximum absolute atomic E-state index is 15.0. The highest BCUT2D eigenvalue weighted by Crippen LogP contribution is 2.39. The van der Waals surface area contributed by atoms with E-state index in [-0.39, 0.29) is 23.8 Å². The van der Waals surface area contributed by atoms with Gasteiger partial charge in [0.05, 0.1) is 16.0 Å². The van der Waals surface area contributed by atoms with Crippen molar-refractivity contribution in [1.82, 2.24) is 9.97 Å². The van der Waals surface area contributed by atoms with Crippen LogP contribution in [0, 0.1) is 12.7 Å². The molecule has 132 valence electrons. The lowest BCUT2D eigenvalue weighted by Crippen LogP contribution is -2.43. The summed E-state index contributed by atoms with van der Waals surface area (Å²) in [6, 6.07) is 2.00. The molecular weight excluding hydrogens is 339 g/mol. The zero-order chi connectivity index (χ0) is 17.6. The van der Waals surface area contributed by atoms with Crippen molar-refractivity contribution in [3.05, 3.63) is 29.0 Å². The first-order valence-corrected chi connectivity index (χ1v) is 9.39. The summed E-state index contributed by atoms with van der Waals surface area (Å²) in [6.07, 6.45) is 5.52. The summed E-state index contributed by atoms with van der Waals surface area (Å²) in [5.41, 5.74) is 7.88. The van der Waals surface area contributed by atoms with E-state index < -0.39 is 5.82 Å². The van der Waals surface area contributed by atoms with Crippen molar-refractivity contribution in [2.45, 2.75) is 44.7 Å². The number of rotatable bonds is 3. The van der Waals surface area contributed by atoms with Crippen LogP contribution in [0.4, 0.5) is 10.2 Å². The van der Waals surface area contributed by atoms with Gasteiger partial charge in [-0.2, -0.15) is 0 Å². The van der Waals surface area contributed by atoms with Crippen LogP contribution >= 0.6 is 11.3 Å². The molecule has 5 nitrogen and oxygen atoms in total. The molecule has 1 aliphatic rings. The molecule has 2 atom stereocenters. The SMILES string of the molecule is Cc1csc(-c2nc(N[C@@H]3CCCC[C@@H]3N)c(F)c3c[nH]c(O)c23)c1. The number of hydrogen-bond acceptors (Lipinski definition) is 5. The zero-order valence-electron chi connectivity index (χ0n) is 14.0. The molecule has 4 rings (SSSR count). The van der Waals surface area contributed by atoms with Crippen LogP contribution in [0.15, 0.2) is 17.6 Å². The summed E-state index contributed by atoms with van der Waals surface area (Å²) in [6.45, 7) is 2.00. The quantitative estimate of drug-likeness (QED) is 0.566. The van der Waals surface area contributed by atoms with Crippen LogP contribution in [0.2, 0.25) is 0 Å². The van der Waals surface area contributed by atoms with Crippen molar-refractivity contribution in [3.63, 3.8) is 0 Å². The summed E-state index contributed by atoms with van der Waals surface area (Å²) < 4.78 is 15.0. The number of nitrogens with two attached hydrogens (primary N) is 1. The van der Waals surface area contributed by atoms with E-state index in [1.165, 1.54) is 17.5 Å². The molecule has 3 aromatic heterocycles. The highest BCUT2D eigenvalue weighted by atomic mass is 32.1. The van der Waals surface area contributed by atoms with E-state index in [9.17, 15) is 9.50 Å². The Morgan fingerprint density at radius 2 is 2.20 bits per heavy atom. The van der Waals surface area contributed by atoms with Gasteiger partial charge in [0.2, 0.25) is 0 Å². The van der Waals surface area contributed by atoms with Crippen LogP contribution < -0.4 is 11.1 Å². The van der Waals surface area contributed by atoms with Crippen LogP contribution in [-0.2, 0) is 0 Å². The van der Waals surface area contributed by atoms with Crippen LogP contribution in [0.25, 0.3) is 21.3 Å². The summed E-state index contributed by atoms with van der Waals surface area (Å²) in [5.74, 6) is -0.320. The minimum Gasteiger partial charge on any atom is -0.494 e. The summed E-state index contributed by atoms with van der Waals surface area (Å²) in [4.78, 5) is 8.13. The van der Waals surface area contributed by atoms with E-state index in [0.29, 0.717) is 16.5 Å². The Bertz CT molecular complexity index is 919. The maximum Gasteiger partial charge on any atom is 0.198 e. The monoisotopic (exact) mass is 360 g/mol. The molecule has 7 heteroatoms. The summed E-state index contributed by atoms with van der Waals surface area (Å²) in [7, 11) is 0. The number of aromatic hydroxyl groups is 1. The fourth-order valence-electron chi connectivity index (χ4n) is 3.51. The molecule has 0 spiro atoms.